The summed E-state index contributed by atoms with van der Waals surface area (Å²) in [6.45, 7) is 0.730. The summed E-state index contributed by atoms with van der Waals surface area (Å²) in [5.74, 6) is 0.917. The summed E-state index contributed by atoms with van der Waals surface area (Å²) < 4.78 is 1.13. The molecule has 2 rings (SSSR count). The molecular weight excluding hydrogens is 322 g/mol. The van der Waals surface area contributed by atoms with Gasteiger partial charge in [0.05, 0.1) is 3.79 Å². The van der Waals surface area contributed by atoms with E-state index < -0.39 is 0 Å². The first-order chi connectivity index (χ1) is 9.15. The van der Waals surface area contributed by atoms with Crippen LogP contribution in [0.3, 0.4) is 0 Å². The number of thiophene rings is 1. The molecule has 19 heavy (non-hydrogen) atoms. The van der Waals surface area contributed by atoms with Gasteiger partial charge < -0.3 is 4.90 Å². The smallest absolute Gasteiger partial charge is 0.222 e. The second kappa shape index (κ2) is 7.44. The van der Waals surface area contributed by atoms with Crippen molar-refractivity contribution in [3.05, 3.63) is 20.8 Å². The summed E-state index contributed by atoms with van der Waals surface area (Å²) in [4.78, 5) is 14.1. The van der Waals surface area contributed by atoms with Crippen LogP contribution in [-0.4, -0.2) is 17.9 Å². The van der Waals surface area contributed by atoms with Gasteiger partial charge in [0.25, 0.3) is 0 Å². The molecule has 1 heterocycles. The minimum Gasteiger partial charge on any atom is -0.341 e. The van der Waals surface area contributed by atoms with E-state index in [0.29, 0.717) is 11.8 Å². The molecule has 1 aliphatic rings. The fourth-order valence-electron chi connectivity index (χ4n) is 2.76. The Morgan fingerprint density at radius 2 is 2.05 bits per heavy atom. The first kappa shape index (κ1) is 15.0. The Balaban J connectivity index is 1.81. The van der Waals surface area contributed by atoms with Gasteiger partial charge >= 0.3 is 0 Å². The van der Waals surface area contributed by atoms with Gasteiger partial charge in [0, 0.05) is 20.0 Å². The van der Waals surface area contributed by atoms with Gasteiger partial charge in [-0.1, -0.05) is 25.7 Å². The van der Waals surface area contributed by atoms with E-state index in [1.54, 1.807) is 11.3 Å². The molecular formula is C15H22BrNOS. The molecule has 0 bridgehead atoms. The summed E-state index contributed by atoms with van der Waals surface area (Å²) in [5.41, 5.74) is 1.22. The molecule has 0 aliphatic heterocycles. The molecule has 1 saturated carbocycles. The standard InChI is InChI=1S/C15H22BrNOS/c1-17(10-13-8-14(16)19-11-13)15(18)9-12-6-4-2-3-5-7-12/h8,11-12H,2-7,9-10H2,1H3. The Morgan fingerprint density at radius 1 is 1.37 bits per heavy atom. The molecule has 0 atom stereocenters. The average molecular weight is 344 g/mol. The van der Waals surface area contributed by atoms with Crippen molar-refractivity contribution in [2.75, 3.05) is 7.05 Å². The van der Waals surface area contributed by atoms with E-state index in [-0.39, 0.29) is 0 Å². The van der Waals surface area contributed by atoms with Crippen LogP contribution in [0.25, 0.3) is 0 Å². The number of amides is 1. The van der Waals surface area contributed by atoms with Crippen LogP contribution in [0.2, 0.25) is 0 Å². The van der Waals surface area contributed by atoms with Crippen molar-refractivity contribution in [3.8, 4) is 0 Å². The van der Waals surface area contributed by atoms with Gasteiger partial charge in [-0.05, 0) is 51.7 Å². The van der Waals surface area contributed by atoms with E-state index in [9.17, 15) is 4.79 Å². The molecule has 0 unspecified atom stereocenters. The van der Waals surface area contributed by atoms with Crippen molar-refractivity contribution in [1.82, 2.24) is 4.90 Å². The highest BCUT2D eigenvalue weighted by Gasteiger charge is 2.18. The topological polar surface area (TPSA) is 20.3 Å². The number of rotatable bonds is 4. The third-order valence-corrected chi connectivity index (χ3v) is 5.46. The Morgan fingerprint density at radius 3 is 2.63 bits per heavy atom. The molecule has 0 aromatic carbocycles. The minimum absolute atomic E-state index is 0.300. The number of halogens is 1. The highest BCUT2D eigenvalue weighted by molar-refractivity contribution is 9.11. The van der Waals surface area contributed by atoms with Crippen LogP contribution in [0.5, 0.6) is 0 Å². The Kier molecular flexibility index (Phi) is 5.89. The monoisotopic (exact) mass is 343 g/mol. The van der Waals surface area contributed by atoms with Gasteiger partial charge in [-0.3, -0.25) is 4.79 Å². The lowest BCUT2D eigenvalue weighted by atomic mass is 9.96. The highest BCUT2D eigenvalue weighted by atomic mass is 79.9. The van der Waals surface area contributed by atoms with Crippen LogP contribution < -0.4 is 0 Å². The Labute approximate surface area is 128 Å². The molecule has 1 fully saturated rings. The summed E-state index contributed by atoms with van der Waals surface area (Å²) >= 11 is 5.14. The molecule has 0 spiro atoms. The molecule has 1 aromatic rings. The maximum Gasteiger partial charge on any atom is 0.222 e. The molecule has 0 saturated heterocycles. The molecule has 0 N–H and O–H groups in total. The fourth-order valence-corrected chi connectivity index (χ4v) is 3.96. The fraction of sp³-hybridized carbons (Fsp3) is 0.667. The van der Waals surface area contributed by atoms with E-state index in [1.807, 2.05) is 11.9 Å². The van der Waals surface area contributed by atoms with Crippen LogP contribution in [0.15, 0.2) is 15.2 Å². The van der Waals surface area contributed by atoms with Crippen molar-refractivity contribution in [2.45, 2.75) is 51.5 Å². The normalized spacial score (nSPS) is 17.2. The van der Waals surface area contributed by atoms with Crippen molar-refractivity contribution in [1.29, 1.82) is 0 Å². The third-order valence-electron chi connectivity index (χ3n) is 3.91. The van der Waals surface area contributed by atoms with Crippen molar-refractivity contribution < 1.29 is 4.79 Å². The molecule has 1 aromatic heterocycles. The highest BCUT2D eigenvalue weighted by Crippen LogP contribution is 2.26. The van der Waals surface area contributed by atoms with Gasteiger partial charge in [0.15, 0.2) is 0 Å². The molecule has 0 radical (unpaired) electrons. The predicted octanol–water partition coefficient (Wildman–Crippen LogP) is 4.83. The van der Waals surface area contributed by atoms with Gasteiger partial charge in [-0.15, -0.1) is 11.3 Å². The van der Waals surface area contributed by atoms with Crippen LogP contribution >= 0.6 is 27.3 Å². The van der Waals surface area contributed by atoms with Gasteiger partial charge in [0.1, 0.15) is 0 Å². The maximum absolute atomic E-state index is 12.3. The predicted molar refractivity (Wildman–Crippen MR) is 84.3 cm³/mol. The molecule has 106 valence electrons. The minimum atomic E-state index is 0.300. The Bertz CT molecular complexity index is 410. The summed E-state index contributed by atoms with van der Waals surface area (Å²) in [6.07, 6.45) is 8.53. The zero-order valence-corrected chi connectivity index (χ0v) is 13.9. The van der Waals surface area contributed by atoms with Crippen LogP contribution in [0.4, 0.5) is 0 Å². The van der Waals surface area contributed by atoms with E-state index >= 15 is 0 Å². The first-order valence-electron chi connectivity index (χ1n) is 7.12. The van der Waals surface area contributed by atoms with Crippen molar-refractivity contribution >= 4 is 33.2 Å². The summed E-state index contributed by atoms with van der Waals surface area (Å²) in [6, 6.07) is 2.10. The van der Waals surface area contributed by atoms with Gasteiger partial charge in [-0.2, -0.15) is 0 Å². The number of carbonyl (C=O) groups excluding carboxylic acids is 1. The summed E-state index contributed by atoms with van der Waals surface area (Å²) in [7, 11) is 1.92. The first-order valence-corrected chi connectivity index (χ1v) is 8.79. The lowest BCUT2D eigenvalue weighted by Gasteiger charge is -2.20. The van der Waals surface area contributed by atoms with E-state index in [2.05, 4.69) is 27.4 Å². The van der Waals surface area contributed by atoms with Crippen LogP contribution in [-0.2, 0) is 11.3 Å². The second-order valence-corrected chi connectivity index (χ2v) is 7.86. The molecule has 2 nitrogen and oxygen atoms in total. The van der Waals surface area contributed by atoms with Crippen molar-refractivity contribution in [2.24, 2.45) is 5.92 Å². The zero-order valence-electron chi connectivity index (χ0n) is 11.5. The van der Waals surface area contributed by atoms with Gasteiger partial charge in [0.2, 0.25) is 5.91 Å². The van der Waals surface area contributed by atoms with E-state index in [0.717, 1.165) is 16.8 Å². The van der Waals surface area contributed by atoms with Gasteiger partial charge in [-0.25, -0.2) is 0 Å². The van der Waals surface area contributed by atoms with Crippen LogP contribution in [0, 0.1) is 5.92 Å². The van der Waals surface area contributed by atoms with E-state index in [1.165, 1.54) is 44.1 Å². The molecule has 4 heteroatoms. The largest absolute Gasteiger partial charge is 0.341 e. The lowest BCUT2D eigenvalue weighted by Crippen LogP contribution is -2.27. The molecule has 1 aliphatic carbocycles. The van der Waals surface area contributed by atoms with Crippen LogP contribution in [0.1, 0.15) is 50.5 Å². The number of nitrogens with zero attached hydrogens (tertiary/aromatic N) is 1. The quantitative estimate of drug-likeness (QED) is 0.717. The Hall–Kier alpha value is -0.350. The van der Waals surface area contributed by atoms with E-state index in [4.69, 9.17) is 0 Å². The number of hydrogen-bond donors (Lipinski definition) is 0. The second-order valence-electron chi connectivity index (χ2n) is 5.57. The SMILES string of the molecule is CN(Cc1csc(Br)c1)C(=O)CC1CCCCCC1. The van der Waals surface area contributed by atoms with Crippen molar-refractivity contribution in [3.63, 3.8) is 0 Å². The number of carbonyl (C=O) groups is 1. The third kappa shape index (κ3) is 4.92. The zero-order chi connectivity index (χ0) is 13.7. The lowest BCUT2D eigenvalue weighted by molar-refractivity contribution is -0.131. The molecule has 1 amide bonds. The maximum atomic E-state index is 12.3. The number of hydrogen-bond acceptors (Lipinski definition) is 2. The average Bonchev–Trinajstić information content (AvgIpc) is 2.64. The summed E-state index contributed by atoms with van der Waals surface area (Å²) in [5, 5.41) is 2.11.